The molecule has 27 heavy (non-hydrogen) atoms. The van der Waals surface area contributed by atoms with Gasteiger partial charge in [0.2, 0.25) is 0 Å². The molecule has 0 amide bonds. The molecule has 0 aromatic heterocycles. The standard InChI is InChI=1S/C23H22O4/c24-22(23(25)27-17-20-9-5-2-6-10-20)15-18-11-13-21(14-12-18)26-16-19-7-3-1-4-8-19/h1-14,22,24H,15-17H2/t22-/m1/s1. The van der Waals surface area contributed by atoms with Crippen molar-refractivity contribution in [1.82, 2.24) is 0 Å². The van der Waals surface area contributed by atoms with Crippen LogP contribution < -0.4 is 4.74 Å². The molecular formula is C23H22O4. The summed E-state index contributed by atoms with van der Waals surface area (Å²) in [5.74, 6) is 0.118. The number of aliphatic hydroxyl groups excluding tert-OH is 1. The molecule has 0 fully saturated rings. The molecular weight excluding hydrogens is 340 g/mol. The first-order valence-electron chi connectivity index (χ1n) is 8.85. The number of rotatable bonds is 8. The van der Waals surface area contributed by atoms with Gasteiger partial charge in [-0.3, -0.25) is 0 Å². The first-order chi connectivity index (χ1) is 13.2. The van der Waals surface area contributed by atoms with Gasteiger partial charge in [-0.25, -0.2) is 4.79 Å². The highest BCUT2D eigenvalue weighted by Crippen LogP contribution is 2.16. The Morgan fingerprint density at radius 2 is 1.30 bits per heavy atom. The molecule has 138 valence electrons. The summed E-state index contributed by atoms with van der Waals surface area (Å²) in [7, 11) is 0. The Kier molecular flexibility index (Phi) is 6.61. The fraction of sp³-hybridized carbons (Fsp3) is 0.174. The van der Waals surface area contributed by atoms with Crippen molar-refractivity contribution >= 4 is 5.97 Å². The fourth-order valence-electron chi connectivity index (χ4n) is 2.59. The average Bonchev–Trinajstić information content (AvgIpc) is 2.73. The number of carbonyl (C=O) groups is 1. The molecule has 0 saturated carbocycles. The predicted molar refractivity (Wildman–Crippen MR) is 103 cm³/mol. The monoisotopic (exact) mass is 362 g/mol. The highest BCUT2D eigenvalue weighted by atomic mass is 16.5. The molecule has 4 nitrogen and oxygen atoms in total. The normalized spacial score (nSPS) is 11.6. The van der Waals surface area contributed by atoms with E-state index in [2.05, 4.69) is 0 Å². The number of esters is 1. The fourth-order valence-corrected chi connectivity index (χ4v) is 2.59. The summed E-state index contributed by atoms with van der Waals surface area (Å²) in [6.45, 7) is 0.650. The van der Waals surface area contributed by atoms with Gasteiger partial charge in [-0.2, -0.15) is 0 Å². The third kappa shape index (κ3) is 5.97. The zero-order valence-electron chi connectivity index (χ0n) is 15.0. The lowest BCUT2D eigenvalue weighted by atomic mass is 10.1. The van der Waals surface area contributed by atoms with Crippen LogP contribution in [0.3, 0.4) is 0 Å². The maximum absolute atomic E-state index is 12.0. The molecule has 0 radical (unpaired) electrons. The Hall–Kier alpha value is -3.11. The number of ether oxygens (including phenoxy) is 2. The van der Waals surface area contributed by atoms with Crippen molar-refractivity contribution in [2.24, 2.45) is 0 Å². The summed E-state index contributed by atoms with van der Waals surface area (Å²) in [6, 6.07) is 26.7. The third-order valence-electron chi connectivity index (χ3n) is 4.10. The molecule has 0 saturated heterocycles. The van der Waals surface area contributed by atoms with Crippen LogP contribution >= 0.6 is 0 Å². The van der Waals surface area contributed by atoms with Crippen LogP contribution in [0, 0.1) is 0 Å². The molecule has 3 rings (SSSR count). The minimum atomic E-state index is -1.19. The molecule has 0 unspecified atom stereocenters. The molecule has 3 aromatic rings. The van der Waals surface area contributed by atoms with Gasteiger partial charge in [0.05, 0.1) is 0 Å². The van der Waals surface area contributed by atoms with Crippen molar-refractivity contribution in [2.45, 2.75) is 25.7 Å². The van der Waals surface area contributed by atoms with Gasteiger partial charge in [0.25, 0.3) is 0 Å². The Balaban J connectivity index is 1.46. The van der Waals surface area contributed by atoms with E-state index < -0.39 is 12.1 Å². The lowest BCUT2D eigenvalue weighted by molar-refractivity contribution is -0.154. The molecule has 0 bridgehead atoms. The summed E-state index contributed by atoms with van der Waals surface area (Å²) in [5, 5.41) is 10.1. The van der Waals surface area contributed by atoms with Gasteiger partial charge in [-0.05, 0) is 28.8 Å². The highest BCUT2D eigenvalue weighted by Gasteiger charge is 2.17. The van der Waals surface area contributed by atoms with Gasteiger partial charge < -0.3 is 14.6 Å². The van der Waals surface area contributed by atoms with Crippen LogP contribution in [0.4, 0.5) is 0 Å². The first kappa shape index (κ1) is 18.7. The Morgan fingerprint density at radius 3 is 1.89 bits per heavy atom. The van der Waals surface area contributed by atoms with Crippen LogP contribution in [0.5, 0.6) is 5.75 Å². The Morgan fingerprint density at radius 1 is 0.741 bits per heavy atom. The maximum Gasteiger partial charge on any atom is 0.335 e. The lowest BCUT2D eigenvalue weighted by Crippen LogP contribution is -2.25. The number of aliphatic hydroxyl groups is 1. The summed E-state index contributed by atoms with van der Waals surface area (Å²) in [6.07, 6.45) is -0.989. The van der Waals surface area contributed by atoms with Gasteiger partial charge in [0, 0.05) is 6.42 Å². The van der Waals surface area contributed by atoms with E-state index in [-0.39, 0.29) is 13.0 Å². The van der Waals surface area contributed by atoms with E-state index in [4.69, 9.17) is 9.47 Å². The second-order valence-corrected chi connectivity index (χ2v) is 6.23. The minimum Gasteiger partial charge on any atom is -0.489 e. The quantitative estimate of drug-likeness (QED) is 0.617. The van der Waals surface area contributed by atoms with Crippen molar-refractivity contribution in [3.63, 3.8) is 0 Å². The van der Waals surface area contributed by atoms with Crippen molar-refractivity contribution in [1.29, 1.82) is 0 Å². The largest absolute Gasteiger partial charge is 0.489 e. The van der Waals surface area contributed by atoms with E-state index >= 15 is 0 Å². The van der Waals surface area contributed by atoms with Crippen LogP contribution in [-0.4, -0.2) is 17.2 Å². The van der Waals surface area contributed by atoms with Crippen LogP contribution in [0.1, 0.15) is 16.7 Å². The van der Waals surface area contributed by atoms with E-state index in [1.54, 1.807) is 0 Å². The first-order valence-corrected chi connectivity index (χ1v) is 8.85. The van der Waals surface area contributed by atoms with Crippen LogP contribution in [0.2, 0.25) is 0 Å². The average molecular weight is 362 g/mol. The molecule has 0 aliphatic carbocycles. The summed E-state index contributed by atoms with van der Waals surface area (Å²) >= 11 is 0. The van der Waals surface area contributed by atoms with Gasteiger partial charge >= 0.3 is 5.97 Å². The highest BCUT2D eigenvalue weighted by molar-refractivity contribution is 5.74. The second kappa shape index (κ2) is 9.55. The number of hydrogen-bond acceptors (Lipinski definition) is 4. The third-order valence-corrected chi connectivity index (χ3v) is 4.10. The molecule has 4 heteroatoms. The minimum absolute atomic E-state index is 0.156. The zero-order valence-corrected chi connectivity index (χ0v) is 15.0. The number of benzene rings is 3. The summed E-state index contributed by atoms with van der Waals surface area (Å²) in [4.78, 5) is 12.0. The van der Waals surface area contributed by atoms with Gasteiger partial charge in [-0.1, -0.05) is 72.8 Å². The number of carbonyl (C=O) groups excluding carboxylic acids is 1. The molecule has 0 aliphatic rings. The molecule has 0 heterocycles. The maximum atomic E-state index is 12.0. The smallest absolute Gasteiger partial charge is 0.335 e. The van der Waals surface area contributed by atoms with Crippen molar-refractivity contribution in [3.8, 4) is 5.75 Å². The van der Waals surface area contributed by atoms with Gasteiger partial charge in [0.1, 0.15) is 19.0 Å². The van der Waals surface area contributed by atoms with Gasteiger partial charge in [-0.15, -0.1) is 0 Å². The van der Waals surface area contributed by atoms with E-state index in [0.29, 0.717) is 6.61 Å². The van der Waals surface area contributed by atoms with Crippen molar-refractivity contribution in [2.75, 3.05) is 0 Å². The van der Waals surface area contributed by atoms with Crippen molar-refractivity contribution < 1.29 is 19.4 Å². The van der Waals surface area contributed by atoms with Crippen LogP contribution in [0.15, 0.2) is 84.9 Å². The van der Waals surface area contributed by atoms with Crippen LogP contribution in [0.25, 0.3) is 0 Å². The topological polar surface area (TPSA) is 55.8 Å². The molecule has 1 atom stereocenters. The molecule has 1 N–H and O–H groups in total. The van der Waals surface area contributed by atoms with E-state index in [0.717, 1.165) is 22.4 Å². The Labute approximate surface area is 159 Å². The summed E-state index contributed by atoms with van der Waals surface area (Å²) < 4.78 is 10.9. The molecule has 3 aromatic carbocycles. The number of hydrogen-bond donors (Lipinski definition) is 1. The molecule has 0 spiro atoms. The van der Waals surface area contributed by atoms with E-state index in [9.17, 15) is 9.90 Å². The zero-order chi connectivity index (χ0) is 18.9. The summed E-state index contributed by atoms with van der Waals surface area (Å²) in [5.41, 5.74) is 2.82. The Bertz CT molecular complexity index is 829. The van der Waals surface area contributed by atoms with E-state index in [1.165, 1.54) is 0 Å². The van der Waals surface area contributed by atoms with Gasteiger partial charge in [0.15, 0.2) is 6.10 Å². The van der Waals surface area contributed by atoms with Crippen LogP contribution in [-0.2, 0) is 29.2 Å². The second-order valence-electron chi connectivity index (χ2n) is 6.23. The lowest BCUT2D eigenvalue weighted by Gasteiger charge is -2.12. The predicted octanol–water partition coefficient (Wildman–Crippen LogP) is 3.91. The van der Waals surface area contributed by atoms with Crippen molar-refractivity contribution in [3.05, 3.63) is 102 Å². The molecule has 0 aliphatic heterocycles. The van der Waals surface area contributed by atoms with E-state index in [1.807, 2.05) is 84.9 Å². The SMILES string of the molecule is O=C(OCc1ccccc1)[C@H](O)Cc1ccc(OCc2ccccc2)cc1.